The third kappa shape index (κ3) is 1.18. The highest BCUT2D eigenvalue weighted by atomic mass is 14.7. The highest BCUT2D eigenvalue weighted by Crippen LogP contribution is 2.26. The predicted molar refractivity (Wildman–Crippen MR) is 50.6 cm³/mol. The van der Waals surface area contributed by atoms with Crippen molar-refractivity contribution in [2.75, 3.05) is 0 Å². The molecule has 1 aromatic heterocycles. The maximum absolute atomic E-state index is 4.31. The summed E-state index contributed by atoms with van der Waals surface area (Å²) in [4.78, 5) is 4.31. The van der Waals surface area contributed by atoms with Crippen LogP contribution in [0.3, 0.4) is 0 Å². The highest BCUT2D eigenvalue weighted by Gasteiger charge is 2.07. The minimum atomic E-state index is 1.03. The third-order valence-electron chi connectivity index (χ3n) is 2.14. The standard InChI is InChI=1S/C11H11N/c1-9-5-4-6-10(9)11-7-2-3-8-12-11/h2-5,7-8H,6H2,1H3. The molecule has 0 saturated heterocycles. The summed E-state index contributed by atoms with van der Waals surface area (Å²) in [6.07, 6.45) is 7.21. The molecular formula is C11H11N. The molecule has 1 aliphatic carbocycles. The van der Waals surface area contributed by atoms with Gasteiger partial charge < -0.3 is 0 Å². The summed E-state index contributed by atoms with van der Waals surface area (Å²) in [6, 6.07) is 6.04. The van der Waals surface area contributed by atoms with Gasteiger partial charge >= 0.3 is 0 Å². The van der Waals surface area contributed by atoms with Gasteiger partial charge in [-0.05, 0) is 36.6 Å². The lowest BCUT2D eigenvalue weighted by Gasteiger charge is -2.01. The monoisotopic (exact) mass is 157 g/mol. The summed E-state index contributed by atoms with van der Waals surface area (Å²) >= 11 is 0. The first-order valence-electron chi connectivity index (χ1n) is 4.15. The van der Waals surface area contributed by atoms with Crippen molar-refractivity contribution in [1.82, 2.24) is 4.98 Å². The number of hydrogen-bond donors (Lipinski definition) is 0. The number of rotatable bonds is 1. The second-order valence-electron chi connectivity index (χ2n) is 2.98. The highest BCUT2D eigenvalue weighted by molar-refractivity contribution is 5.71. The van der Waals surface area contributed by atoms with Crippen molar-refractivity contribution in [3.05, 3.63) is 47.8 Å². The topological polar surface area (TPSA) is 12.9 Å². The zero-order valence-corrected chi connectivity index (χ0v) is 7.12. The van der Waals surface area contributed by atoms with Crippen LogP contribution in [0, 0.1) is 0 Å². The number of pyridine rings is 1. The van der Waals surface area contributed by atoms with Crippen molar-refractivity contribution in [3.63, 3.8) is 0 Å². The van der Waals surface area contributed by atoms with Crippen LogP contribution in [0.25, 0.3) is 5.57 Å². The lowest BCUT2D eigenvalue weighted by atomic mass is 10.1. The molecule has 0 N–H and O–H groups in total. The molecule has 0 atom stereocenters. The quantitative estimate of drug-likeness (QED) is 0.610. The van der Waals surface area contributed by atoms with Crippen molar-refractivity contribution < 1.29 is 0 Å². The molecule has 0 radical (unpaired) electrons. The van der Waals surface area contributed by atoms with Crippen molar-refractivity contribution >= 4 is 5.57 Å². The van der Waals surface area contributed by atoms with Crippen LogP contribution in [-0.2, 0) is 0 Å². The number of aromatic nitrogens is 1. The molecule has 2 rings (SSSR count). The van der Waals surface area contributed by atoms with E-state index in [1.807, 2.05) is 18.3 Å². The summed E-state index contributed by atoms with van der Waals surface area (Å²) in [5, 5.41) is 0. The van der Waals surface area contributed by atoms with E-state index in [1.165, 1.54) is 11.1 Å². The average Bonchev–Trinajstić information content (AvgIpc) is 2.53. The first-order valence-corrected chi connectivity index (χ1v) is 4.15. The molecule has 0 fully saturated rings. The van der Waals surface area contributed by atoms with E-state index in [9.17, 15) is 0 Å². The summed E-state index contributed by atoms with van der Waals surface area (Å²) in [6.45, 7) is 2.13. The molecule has 1 heteroatoms. The Morgan fingerprint density at radius 1 is 1.33 bits per heavy atom. The van der Waals surface area contributed by atoms with Crippen molar-refractivity contribution in [3.8, 4) is 0 Å². The van der Waals surface area contributed by atoms with Gasteiger partial charge in [0.1, 0.15) is 0 Å². The lowest BCUT2D eigenvalue weighted by Crippen LogP contribution is -1.86. The van der Waals surface area contributed by atoms with Gasteiger partial charge in [-0.2, -0.15) is 0 Å². The van der Waals surface area contributed by atoms with Gasteiger partial charge in [-0.25, -0.2) is 0 Å². The van der Waals surface area contributed by atoms with Gasteiger partial charge in [0, 0.05) is 6.20 Å². The Bertz CT molecular complexity index is 333. The van der Waals surface area contributed by atoms with Gasteiger partial charge in [-0.3, -0.25) is 4.98 Å². The number of allylic oxidation sites excluding steroid dienone is 4. The van der Waals surface area contributed by atoms with Gasteiger partial charge in [-0.1, -0.05) is 18.2 Å². The SMILES string of the molecule is CC1=C(c2ccccn2)CC=C1. The minimum Gasteiger partial charge on any atom is -0.257 e. The maximum Gasteiger partial charge on any atom is 0.0667 e. The molecule has 1 aromatic rings. The van der Waals surface area contributed by atoms with E-state index in [4.69, 9.17) is 0 Å². The van der Waals surface area contributed by atoms with Crippen LogP contribution >= 0.6 is 0 Å². The molecule has 0 saturated carbocycles. The summed E-state index contributed by atoms with van der Waals surface area (Å²) < 4.78 is 0. The third-order valence-corrected chi connectivity index (χ3v) is 2.14. The van der Waals surface area contributed by atoms with Crippen molar-refractivity contribution in [2.45, 2.75) is 13.3 Å². The molecular weight excluding hydrogens is 146 g/mol. The fourth-order valence-corrected chi connectivity index (χ4v) is 1.46. The molecule has 0 spiro atoms. The van der Waals surface area contributed by atoms with Crippen LogP contribution in [0.4, 0.5) is 0 Å². The van der Waals surface area contributed by atoms with Crippen LogP contribution in [-0.4, -0.2) is 4.98 Å². The van der Waals surface area contributed by atoms with E-state index < -0.39 is 0 Å². The van der Waals surface area contributed by atoms with Gasteiger partial charge in [0.15, 0.2) is 0 Å². The van der Waals surface area contributed by atoms with E-state index in [-0.39, 0.29) is 0 Å². The first kappa shape index (κ1) is 7.29. The van der Waals surface area contributed by atoms with Gasteiger partial charge in [-0.15, -0.1) is 0 Å². The van der Waals surface area contributed by atoms with E-state index in [2.05, 4.69) is 30.1 Å². The molecule has 1 heterocycles. The maximum atomic E-state index is 4.31. The molecule has 12 heavy (non-hydrogen) atoms. The zero-order chi connectivity index (χ0) is 8.39. The summed E-state index contributed by atoms with van der Waals surface area (Å²) in [5.74, 6) is 0. The lowest BCUT2D eigenvalue weighted by molar-refractivity contribution is 1.24. The van der Waals surface area contributed by atoms with Crippen LogP contribution in [0.2, 0.25) is 0 Å². The normalized spacial score (nSPS) is 15.8. The zero-order valence-electron chi connectivity index (χ0n) is 7.12. The smallest absolute Gasteiger partial charge is 0.0667 e. The van der Waals surface area contributed by atoms with E-state index in [1.54, 1.807) is 0 Å². The Morgan fingerprint density at radius 2 is 2.25 bits per heavy atom. The van der Waals surface area contributed by atoms with Gasteiger partial charge in [0.25, 0.3) is 0 Å². The second-order valence-corrected chi connectivity index (χ2v) is 2.98. The summed E-state index contributed by atoms with van der Waals surface area (Å²) in [7, 11) is 0. The Labute approximate surface area is 72.5 Å². The fraction of sp³-hybridized carbons (Fsp3) is 0.182. The largest absolute Gasteiger partial charge is 0.257 e. The molecule has 0 amide bonds. The minimum absolute atomic E-state index is 1.03. The van der Waals surface area contributed by atoms with Crippen LogP contribution in [0.15, 0.2) is 42.1 Å². The van der Waals surface area contributed by atoms with Crippen molar-refractivity contribution in [2.24, 2.45) is 0 Å². The molecule has 0 bridgehead atoms. The average molecular weight is 157 g/mol. The first-order chi connectivity index (χ1) is 5.88. The van der Waals surface area contributed by atoms with E-state index in [0.29, 0.717) is 0 Å². The Hall–Kier alpha value is -1.37. The van der Waals surface area contributed by atoms with Crippen molar-refractivity contribution in [1.29, 1.82) is 0 Å². The van der Waals surface area contributed by atoms with Gasteiger partial charge in [0.2, 0.25) is 0 Å². The van der Waals surface area contributed by atoms with Gasteiger partial charge in [0.05, 0.1) is 5.69 Å². The number of hydrogen-bond acceptors (Lipinski definition) is 1. The van der Waals surface area contributed by atoms with E-state index in [0.717, 1.165) is 12.1 Å². The predicted octanol–water partition coefficient (Wildman–Crippen LogP) is 2.82. The molecule has 1 nitrogen and oxygen atoms in total. The van der Waals surface area contributed by atoms with Crippen LogP contribution in [0.5, 0.6) is 0 Å². The molecule has 0 aliphatic heterocycles. The Balaban J connectivity index is 2.40. The second kappa shape index (κ2) is 2.94. The fourth-order valence-electron chi connectivity index (χ4n) is 1.46. The summed E-state index contributed by atoms with van der Waals surface area (Å²) in [5.41, 5.74) is 3.81. The molecule has 0 unspecified atom stereocenters. The molecule has 60 valence electrons. The number of nitrogens with zero attached hydrogens (tertiary/aromatic N) is 1. The van der Waals surface area contributed by atoms with Crippen LogP contribution in [0.1, 0.15) is 19.0 Å². The molecule has 0 aromatic carbocycles. The van der Waals surface area contributed by atoms with E-state index >= 15 is 0 Å². The Morgan fingerprint density at radius 3 is 2.83 bits per heavy atom. The Kier molecular flexibility index (Phi) is 1.78. The molecule has 1 aliphatic rings. The van der Waals surface area contributed by atoms with Crippen LogP contribution < -0.4 is 0 Å².